The molecule has 0 spiro atoms. The predicted molar refractivity (Wildman–Crippen MR) is 99.8 cm³/mol. The van der Waals surface area contributed by atoms with Crippen LogP contribution in [0.15, 0.2) is 33.5 Å². The van der Waals surface area contributed by atoms with Crippen molar-refractivity contribution >= 4 is 71.0 Å². The van der Waals surface area contributed by atoms with Crippen LogP contribution in [0.3, 0.4) is 0 Å². The largest absolute Gasteiger partial charge is 0.506 e. The second kappa shape index (κ2) is 11.7. The molecular formula is C13H13Br3Cl2N2O. The Hall–Kier alpha value is 0.120. The van der Waals surface area contributed by atoms with Crippen LogP contribution in [0, 0.1) is 6.92 Å². The van der Waals surface area contributed by atoms with E-state index < -0.39 is 0 Å². The second-order valence-electron chi connectivity index (χ2n) is 3.52. The molecule has 0 amide bonds. The Bertz CT molecular complexity index is 522. The molecule has 0 aliphatic rings. The molecule has 1 N–H and O–H groups in total. The number of rotatable bonds is 0. The number of pyridine rings is 2. The molecule has 8 heteroatoms. The first kappa shape index (κ1) is 21.1. The standard InChI is InChI=1S/C6H5BrClN.C5H3BrClNO.C2H5Br/c1-4-2-5(7)6(8)9-3-4;6-4-1-3(9)2-8-5(4)7;1-2-3/h2-3H,1H3;1-2,9H;2H2,1H3. The Balaban J connectivity index is 0.000000322. The molecule has 2 rings (SSSR count). The van der Waals surface area contributed by atoms with Gasteiger partial charge in [-0.2, -0.15) is 0 Å². The fraction of sp³-hybridized carbons (Fsp3) is 0.231. The SMILES string of the molecule is CCBr.Cc1cnc(Cl)c(Br)c1.Oc1cnc(Cl)c(Br)c1. The Morgan fingerprint density at radius 3 is 1.81 bits per heavy atom. The molecule has 0 fully saturated rings. The summed E-state index contributed by atoms with van der Waals surface area (Å²) in [6, 6.07) is 3.41. The van der Waals surface area contributed by atoms with Crippen LogP contribution in [0.25, 0.3) is 0 Å². The van der Waals surface area contributed by atoms with Crippen LogP contribution >= 0.6 is 71.0 Å². The summed E-state index contributed by atoms with van der Waals surface area (Å²) in [6.07, 6.45) is 3.01. The van der Waals surface area contributed by atoms with Gasteiger partial charge in [0, 0.05) is 11.5 Å². The van der Waals surface area contributed by atoms with E-state index in [1.165, 1.54) is 12.3 Å². The molecule has 116 valence electrons. The highest BCUT2D eigenvalue weighted by atomic mass is 79.9. The third-order valence-electron chi connectivity index (χ3n) is 1.71. The summed E-state index contributed by atoms with van der Waals surface area (Å²) in [6.45, 7) is 4.01. The molecule has 0 saturated carbocycles. The highest BCUT2D eigenvalue weighted by molar-refractivity contribution is 9.11. The van der Waals surface area contributed by atoms with E-state index in [1.807, 2.05) is 19.9 Å². The Kier molecular flexibility index (Phi) is 11.7. The van der Waals surface area contributed by atoms with Crippen molar-refractivity contribution in [2.24, 2.45) is 0 Å². The van der Waals surface area contributed by atoms with Crippen molar-refractivity contribution in [1.82, 2.24) is 9.97 Å². The van der Waals surface area contributed by atoms with Crippen molar-refractivity contribution in [3.05, 3.63) is 49.3 Å². The predicted octanol–water partition coefficient (Wildman–Crippen LogP) is 6.41. The Morgan fingerprint density at radius 1 is 1.05 bits per heavy atom. The zero-order valence-electron chi connectivity index (χ0n) is 11.2. The lowest BCUT2D eigenvalue weighted by Gasteiger charge is -1.93. The van der Waals surface area contributed by atoms with E-state index in [1.54, 1.807) is 6.20 Å². The summed E-state index contributed by atoms with van der Waals surface area (Å²) < 4.78 is 1.45. The normalized spacial score (nSPS) is 9.10. The minimum Gasteiger partial charge on any atom is -0.506 e. The molecule has 0 aliphatic carbocycles. The molecule has 2 heterocycles. The molecule has 0 aromatic carbocycles. The highest BCUT2D eigenvalue weighted by Crippen LogP contribution is 2.22. The fourth-order valence-corrected chi connectivity index (χ4v) is 1.94. The molecule has 2 aromatic rings. The smallest absolute Gasteiger partial charge is 0.143 e. The molecule has 0 aliphatic heterocycles. The zero-order chi connectivity index (χ0) is 16.4. The van der Waals surface area contributed by atoms with Gasteiger partial charge in [-0.25, -0.2) is 9.97 Å². The maximum atomic E-state index is 8.79. The van der Waals surface area contributed by atoms with Gasteiger partial charge in [-0.15, -0.1) is 0 Å². The van der Waals surface area contributed by atoms with Gasteiger partial charge >= 0.3 is 0 Å². The van der Waals surface area contributed by atoms with E-state index in [2.05, 4.69) is 57.8 Å². The van der Waals surface area contributed by atoms with E-state index in [4.69, 9.17) is 28.3 Å². The van der Waals surface area contributed by atoms with Crippen LogP contribution in [0.1, 0.15) is 12.5 Å². The van der Waals surface area contributed by atoms with Gasteiger partial charge in [0.05, 0.1) is 15.1 Å². The maximum absolute atomic E-state index is 8.79. The van der Waals surface area contributed by atoms with Crippen LogP contribution in [0.2, 0.25) is 10.3 Å². The molecule has 21 heavy (non-hydrogen) atoms. The average Bonchev–Trinajstić information content (AvgIpc) is 2.41. The lowest BCUT2D eigenvalue weighted by molar-refractivity contribution is 0.472. The molecule has 2 aromatic heterocycles. The van der Waals surface area contributed by atoms with Crippen LogP contribution in [0.5, 0.6) is 5.75 Å². The summed E-state index contributed by atoms with van der Waals surface area (Å²) in [5, 5.41) is 10.7. The van der Waals surface area contributed by atoms with Gasteiger partial charge < -0.3 is 5.11 Å². The number of nitrogens with zero attached hydrogens (tertiary/aromatic N) is 2. The Morgan fingerprint density at radius 2 is 1.48 bits per heavy atom. The minimum atomic E-state index is 0.103. The van der Waals surface area contributed by atoms with Gasteiger partial charge in [0.15, 0.2) is 0 Å². The van der Waals surface area contributed by atoms with Crippen molar-refractivity contribution in [3.63, 3.8) is 0 Å². The highest BCUT2D eigenvalue weighted by Gasteiger charge is 1.96. The summed E-state index contributed by atoms with van der Waals surface area (Å²) in [7, 11) is 0. The van der Waals surface area contributed by atoms with Crippen LogP contribution in [-0.2, 0) is 0 Å². The molecule has 0 radical (unpaired) electrons. The summed E-state index contributed by atoms with van der Waals surface area (Å²) in [4.78, 5) is 7.54. The van der Waals surface area contributed by atoms with Crippen molar-refractivity contribution in [2.45, 2.75) is 13.8 Å². The van der Waals surface area contributed by atoms with E-state index >= 15 is 0 Å². The fourth-order valence-electron chi connectivity index (χ4n) is 0.928. The third-order valence-corrected chi connectivity index (χ3v) is 3.98. The van der Waals surface area contributed by atoms with Crippen LogP contribution < -0.4 is 0 Å². The van der Waals surface area contributed by atoms with Crippen LogP contribution in [-0.4, -0.2) is 20.4 Å². The summed E-state index contributed by atoms with van der Waals surface area (Å²) >= 11 is 20.6. The second-order valence-corrected chi connectivity index (χ2v) is 7.06. The molecule has 0 bridgehead atoms. The number of aromatic hydroxyl groups is 1. The first-order valence-electron chi connectivity index (χ1n) is 5.65. The Labute approximate surface area is 159 Å². The molecule has 0 saturated heterocycles. The van der Waals surface area contributed by atoms with Gasteiger partial charge in [-0.05, 0) is 56.5 Å². The van der Waals surface area contributed by atoms with Gasteiger partial charge in [0.25, 0.3) is 0 Å². The van der Waals surface area contributed by atoms with Crippen molar-refractivity contribution in [3.8, 4) is 5.75 Å². The lowest BCUT2D eigenvalue weighted by Crippen LogP contribution is -1.77. The third kappa shape index (κ3) is 9.68. The maximum Gasteiger partial charge on any atom is 0.143 e. The number of halogens is 5. The first-order chi connectivity index (χ1) is 9.81. The van der Waals surface area contributed by atoms with E-state index in [-0.39, 0.29) is 5.75 Å². The van der Waals surface area contributed by atoms with Crippen molar-refractivity contribution in [1.29, 1.82) is 0 Å². The van der Waals surface area contributed by atoms with Crippen molar-refractivity contribution in [2.75, 3.05) is 5.33 Å². The molecular weight excluding hydrogens is 511 g/mol. The van der Waals surface area contributed by atoms with E-state index in [0.29, 0.717) is 14.8 Å². The van der Waals surface area contributed by atoms with Gasteiger partial charge in [0.1, 0.15) is 16.1 Å². The van der Waals surface area contributed by atoms with E-state index in [0.717, 1.165) is 15.4 Å². The summed E-state index contributed by atoms with van der Waals surface area (Å²) in [5.74, 6) is 0.103. The number of aromatic nitrogens is 2. The number of alkyl halides is 1. The number of hydrogen-bond donors (Lipinski definition) is 1. The average molecular weight is 524 g/mol. The lowest BCUT2D eigenvalue weighted by atomic mass is 10.3. The monoisotopic (exact) mass is 520 g/mol. The van der Waals surface area contributed by atoms with Crippen LogP contribution in [0.4, 0.5) is 0 Å². The van der Waals surface area contributed by atoms with E-state index in [9.17, 15) is 0 Å². The number of aryl methyl sites for hydroxylation is 1. The quantitative estimate of drug-likeness (QED) is 0.321. The zero-order valence-corrected chi connectivity index (χ0v) is 17.5. The molecule has 3 nitrogen and oxygen atoms in total. The summed E-state index contributed by atoms with van der Waals surface area (Å²) in [5.41, 5.74) is 1.10. The molecule has 0 unspecified atom stereocenters. The topological polar surface area (TPSA) is 46.0 Å². The van der Waals surface area contributed by atoms with Gasteiger partial charge in [-0.1, -0.05) is 46.1 Å². The number of hydrogen-bond acceptors (Lipinski definition) is 3. The van der Waals surface area contributed by atoms with Gasteiger partial charge in [0.2, 0.25) is 0 Å². The molecule has 0 atom stereocenters. The minimum absolute atomic E-state index is 0.103. The first-order valence-corrected chi connectivity index (χ1v) is 9.11. The van der Waals surface area contributed by atoms with Crippen molar-refractivity contribution < 1.29 is 5.11 Å². The van der Waals surface area contributed by atoms with Gasteiger partial charge in [-0.3, -0.25) is 0 Å².